The molecular formula is C15H13FN4O. The highest BCUT2D eigenvalue weighted by atomic mass is 19.1. The van der Waals surface area contributed by atoms with Gasteiger partial charge in [-0.1, -0.05) is 17.3 Å². The van der Waals surface area contributed by atoms with Crippen LogP contribution in [0.15, 0.2) is 48.8 Å². The summed E-state index contributed by atoms with van der Waals surface area (Å²) in [5.74, 6) is -0.277. The standard InChI is InChI=1S/C15H13FN4O/c16-13-5-3-11(4-6-13)9-20-15(14(10-21)18-19-20)12-2-1-7-17-8-12/h1-8,21H,9-10H2. The van der Waals surface area contributed by atoms with Crippen molar-refractivity contribution in [1.29, 1.82) is 0 Å². The van der Waals surface area contributed by atoms with E-state index in [1.165, 1.54) is 12.1 Å². The van der Waals surface area contributed by atoms with Gasteiger partial charge in [0.05, 0.1) is 18.8 Å². The molecule has 1 aromatic carbocycles. The molecule has 0 fully saturated rings. The first-order chi connectivity index (χ1) is 10.3. The zero-order chi connectivity index (χ0) is 14.7. The Hall–Kier alpha value is -2.60. The van der Waals surface area contributed by atoms with Crippen molar-refractivity contribution in [3.63, 3.8) is 0 Å². The summed E-state index contributed by atoms with van der Waals surface area (Å²) in [5, 5.41) is 17.5. The molecule has 0 amide bonds. The van der Waals surface area contributed by atoms with E-state index in [0.29, 0.717) is 12.2 Å². The van der Waals surface area contributed by atoms with Gasteiger partial charge in [0, 0.05) is 18.0 Å². The minimum Gasteiger partial charge on any atom is -0.390 e. The summed E-state index contributed by atoms with van der Waals surface area (Å²) in [5.41, 5.74) is 2.93. The van der Waals surface area contributed by atoms with Gasteiger partial charge in [0.15, 0.2) is 0 Å². The van der Waals surface area contributed by atoms with Crippen LogP contribution in [0.5, 0.6) is 0 Å². The van der Waals surface area contributed by atoms with Crippen LogP contribution in [-0.4, -0.2) is 25.1 Å². The number of hydrogen-bond donors (Lipinski definition) is 1. The zero-order valence-corrected chi connectivity index (χ0v) is 11.1. The number of hydrogen-bond acceptors (Lipinski definition) is 4. The Balaban J connectivity index is 1.99. The molecule has 21 heavy (non-hydrogen) atoms. The number of rotatable bonds is 4. The molecule has 5 nitrogen and oxygen atoms in total. The summed E-state index contributed by atoms with van der Waals surface area (Å²) in [7, 11) is 0. The summed E-state index contributed by atoms with van der Waals surface area (Å²) in [6.45, 7) is 0.241. The first-order valence-electron chi connectivity index (χ1n) is 6.46. The highest BCUT2D eigenvalue weighted by molar-refractivity contribution is 5.60. The van der Waals surface area contributed by atoms with Gasteiger partial charge in [0.1, 0.15) is 11.5 Å². The Morgan fingerprint density at radius 2 is 1.95 bits per heavy atom. The van der Waals surface area contributed by atoms with Crippen molar-refractivity contribution in [2.24, 2.45) is 0 Å². The number of benzene rings is 1. The highest BCUT2D eigenvalue weighted by Gasteiger charge is 2.14. The van der Waals surface area contributed by atoms with Crippen LogP contribution in [0.3, 0.4) is 0 Å². The third-order valence-electron chi connectivity index (χ3n) is 3.14. The average Bonchev–Trinajstić information content (AvgIpc) is 2.93. The van der Waals surface area contributed by atoms with Crippen LogP contribution in [0, 0.1) is 5.82 Å². The maximum Gasteiger partial charge on any atom is 0.123 e. The highest BCUT2D eigenvalue weighted by Crippen LogP contribution is 2.22. The minimum atomic E-state index is -0.277. The fourth-order valence-corrected chi connectivity index (χ4v) is 2.15. The number of pyridine rings is 1. The molecule has 0 aliphatic rings. The summed E-state index contributed by atoms with van der Waals surface area (Å²) in [6.07, 6.45) is 3.37. The molecule has 3 aromatic rings. The van der Waals surface area contributed by atoms with Gasteiger partial charge in [0.2, 0.25) is 0 Å². The molecule has 0 radical (unpaired) electrons. The van der Waals surface area contributed by atoms with E-state index in [2.05, 4.69) is 15.3 Å². The second-order valence-corrected chi connectivity index (χ2v) is 4.57. The molecule has 2 heterocycles. The Bertz CT molecular complexity index is 725. The largest absolute Gasteiger partial charge is 0.390 e. The average molecular weight is 284 g/mol. The summed E-state index contributed by atoms with van der Waals surface area (Å²) >= 11 is 0. The number of aliphatic hydroxyl groups is 1. The number of aromatic nitrogens is 4. The normalized spacial score (nSPS) is 10.8. The van der Waals surface area contributed by atoms with Crippen LogP contribution in [0.4, 0.5) is 4.39 Å². The molecule has 106 valence electrons. The van der Waals surface area contributed by atoms with Crippen molar-refractivity contribution < 1.29 is 9.50 Å². The maximum absolute atomic E-state index is 13.0. The van der Waals surface area contributed by atoms with E-state index in [4.69, 9.17) is 0 Å². The lowest BCUT2D eigenvalue weighted by Crippen LogP contribution is -2.05. The van der Waals surface area contributed by atoms with E-state index >= 15 is 0 Å². The monoisotopic (exact) mass is 284 g/mol. The lowest BCUT2D eigenvalue weighted by molar-refractivity contribution is 0.277. The first-order valence-corrected chi connectivity index (χ1v) is 6.46. The number of aliphatic hydroxyl groups excluding tert-OH is 1. The minimum absolute atomic E-state index is 0.201. The van der Waals surface area contributed by atoms with Gasteiger partial charge in [-0.3, -0.25) is 4.98 Å². The van der Waals surface area contributed by atoms with Gasteiger partial charge in [-0.15, -0.1) is 5.10 Å². The van der Waals surface area contributed by atoms with Crippen molar-refractivity contribution >= 4 is 0 Å². The van der Waals surface area contributed by atoms with E-state index in [1.54, 1.807) is 29.2 Å². The fraction of sp³-hybridized carbons (Fsp3) is 0.133. The van der Waals surface area contributed by atoms with Crippen molar-refractivity contribution in [1.82, 2.24) is 20.0 Å². The van der Waals surface area contributed by atoms with E-state index in [0.717, 1.165) is 16.8 Å². The van der Waals surface area contributed by atoms with Crippen LogP contribution in [0.25, 0.3) is 11.3 Å². The summed E-state index contributed by atoms with van der Waals surface area (Å²) < 4.78 is 14.6. The van der Waals surface area contributed by atoms with Gasteiger partial charge in [-0.05, 0) is 29.8 Å². The van der Waals surface area contributed by atoms with Gasteiger partial charge in [-0.2, -0.15) is 0 Å². The predicted molar refractivity (Wildman–Crippen MR) is 74.7 cm³/mol. The molecule has 0 saturated heterocycles. The van der Waals surface area contributed by atoms with Crippen molar-refractivity contribution in [3.05, 3.63) is 65.9 Å². The Morgan fingerprint density at radius 3 is 2.62 bits per heavy atom. The van der Waals surface area contributed by atoms with Crippen LogP contribution in [0.2, 0.25) is 0 Å². The molecule has 0 spiro atoms. The third-order valence-corrected chi connectivity index (χ3v) is 3.14. The van der Waals surface area contributed by atoms with E-state index in [9.17, 15) is 9.50 Å². The van der Waals surface area contributed by atoms with Crippen molar-refractivity contribution in [3.8, 4) is 11.3 Å². The first kappa shape index (κ1) is 13.4. The molecular weight excluding hydrogens is 271 g/mol. The Labute approximate surface area is 120 Å². The molecule has 3 rings (SSSR count). The van der Waals surface area contributed by atoms with E-state index in [1.807, 2.05) is 12.1 Å². The van der Waals surface area contributed by atoms with Crippen LogP contribution in [-0.2, 0) is 13.2 Å². The predicted octanol–water partition coefficient (Wildman–Crippen LogP) is 2.02. The number of nitrogens with zero attached hydrogens (tertiary/aromatic N) is 4. The molecule has 0 unspecified atom stereocenters. The molecule has 0 bridgehead atoms. The van der Waals surface area contributed by atoms with Gasteiger partial charge < -0.3 is 5.11 Å². The smallest absolute Gasteiger partial charge is 0.123 e. The molecule has 1 N–H and O–H groups in total. The van der Waals surface area contributed by atoms with E-state index < -0.39 is 0 Å². The molecule has 0 aliphatic carbocycles. The Morgan fingerprint density at radius 1 is 1.14 bits per heavy atom. The second-order valence-electron chi connectivity index (χ2n) is 4.57. The molecule has 0 atom stereocenters. The van der Waals surface area contributed by atoms with Crippen molar-refractivity contribution in [2.45, 2.75) is 13.2 Å². The van der Waals surface area contributed by atoms with Crippen LogP contribution >= 0.6 is 0 Å². The molecule has 0 aliphatic heterocycles. The SMILES string of the molecule is OCc1nnn(Cc2ccc(F)cc2)c1-c1cccnc1. The topological polar surface area (TPSA) is 63.8 Å². The van der Waals surface area contributed by atoms with Crippen LogP contribution in [0.1, 0.15) is 11.3 Å². The molecule has 0 saturated carbocycles. The van der Waals surface area contributed by atoms with Crippen LogP contribution < -0.4 is 0 Å². The van der Waals surface area contributed by atoms with Gasteiger partial charge in [-0.25, -0.2) is 9.07 Å². The fourth-order valence-electron chi connectivity index (χ4n) is 2.15. The number of halogens is 1. The van der Waals surface area contributed by atoms with Crippen molar-refractivity contribution in [2.75, 3.05) is 0 Å². The summed E-state index contributed by atoms with van der Waals surface area (Å²) in [6, 6.07) is 9.90. The summed E-state index contributed by atoms with van der Waals surface area (Å²) in [4.78, 5) is 4.08. The second kappa shape index (κ2) is 5.80. The lowest BCUT2D eigenvalue weighted by atomic mass is 10.1. The van der Waals surface area contributed by atoms with Gasteiger partial charge >= 0.3 is 0 Å². The molecule has 6 heteroatoms. The van der Waals surface area contributed by atoms with E-state index in [-0.39, 0.29) is 12.4 Å². The maximum atomic E-state index is 13.0. The molecule has 2 aromatic heterocycles. The lowest BCUT2D eigenvalue weighted by Gasteiger charge is -2.07. The Kier molecular flexibility index (Phi) is 3.70. The third kappa shape index (κ3) is 2.80. The van der Waals surface area contributed by atoms with Gasteiger partial charge in [0.25, 0.3) is 0 Å². The zero-order valence-electron chi connectivity index (χ0n) is 11.1. The quantitative estimate of drug-likeness (QED) is 0.796.